The zero-order chi connectivity index (χ0) is 17.9. The van der Waals surface area contributed by atoms with Crippen LogP contribution in [0, 0.1) is 0 Å². The third-order valence-corrected chi connectivity index (χ3v) is 6.02. The van der Waals surface area contributed by atoms with Crippen molar-refractivity contribution in [1.29, 1.82) is 0 Å². The predicted octanol–water partition coefficient (Wildman–Crippen LogP) is 4.48. The SMILES string of the molecule is Cl.O=C(CCc1nc2ccccc2s1)N1CCNCC1c1cccc(Cl)c1. The Morgan fingerprint density at radius 3 is 2.93 bits per heavy atom. The Kier molecular flexibility index (Phi) is 6.71. The van der Waals surface area contributed by atoms with E-state index < -0.39 is 0 Å². The largest absolute Gasteiger partial charge is 0.333 e. The van der Waals surface area contributed by atoms with Crippen molar-refractivity contribution in [1.82, 2.24) is 15.2 Å². The number of para-hydroxylation sites is 1. The smallest absolute Gasteiger partial charge is 0.223 e. The molecule has 0 bridgehead atoms. The quantitative estimate of drug-likeness (QED) is 0.675. The molecule has 1 aliphatic heterocycles. The topological polar surface area (TPSA) is 45.2 Å². The number of rotatable bonds is 4. The summed E-state index contributed by atoms with van der Waals surface area (Å²) in [6.07, 6.45) is 1.17. The van der Waals surface area contributed by atoms with Gasteiger partial charge in [0.25, 0.3) is 0 Å². The first kappa shape index (κ1) is 20.1. The number of benzene rings is 2. The first-order valence-corrected chi connectivity index (χ1v) is 10.0. The fraction of sp³-hybridized carbons (Fsp3) is 0.300. The average molecular weight is 422 g/mol. The van der Waals surface area contributed by atoms with Crippen molar-refractivity contribution in [3.8, 4) is 0 Å². The van der Waals surface area contributed by atoms with Gasteiger partial charge >= 0.3 is 0 Å². The molecule has 1 fully saturated rings. The predicted molar refractivity (Wildman–Crippen MR) is 114 cm³/mol. The van der Waals surface area contributed by atoms with E-state index in [0.717, 1.165) is 35.7 Å². The molecular formula is C20H21Cl2N3OS. The molecule has 2 heterocycles. The lowest BCUT2D eigenvalue weighted by Gasteiger charge is -2.36. The van der Waals surface area contributed by atoms with Crippen LogP contribution in [0.15, 0.2) is 48.5 Å². The molecule has 0 aliphatic carbocycles. The van der Waals surface area contributed by atoms with E-state index in [1.165, 1.54) is 4.70 Å². The number of nitrogens with one attached hydrogen (secondary N) is 1. The normalized spacial score (nSPS) is 16.9. The zero-order valence-electron chi connectivity index (χ0n) is 14.7. The minimum atomic E-state index is 0. The summed E-state index contributed by atoms with van der Waals surface area (Å²) in [4.78, 5) is 19.5. The summed E-state index contributed by atoms with van der Waals surface area (Å²) >= 11 is 7.81. The van der Waals surface area contributed by atoms with E-state index in [9.17, 15) is 4.79 Å². The minimum absolute atomic E-state index is 0. The van der Waals surface area contributed by atoms with Crippen molar-refractivity contribution in [3.05, 3.63) is 64.1 Å². The maximum absolute atomic E-state index is 12.9. The lowest BCUT2D eigenvalue weighted by atomic mass is 10.0. The van der Waals surface area contributed by atoms with Gasteiger partial charge in [0.15, 0.2) is 0 Å². The molecule has 1 aliphatic rings. The summed E-state index contributed by atoms with van der Waals surface area (Å²) in [5.74, 6) is 0.177. The second-order valence-electron chi connectivity index (χ2n) is 6.44. The molecule has 2 aromatic carbocycles. The van der Waals surface area contributed by atoms with Crippen LogP contribution in [-0.4, -0.2) is 35.4 Å². The molecular weight excluding hydrogens is 401 g/mol. The van der Waals surface area contributed by atoms with Crippen LogP contribution in [0.3, 0.4) is 0 Å². The lowest BCUT2D eigenvalue weighted by Crippen LogP contribution is -2.48. The van der Waals surface area contributed by atoms with Gasteiger partial charge in [0.2, 0.25) is 5.91 Å². The van der Waals surface area contributed by atoms with E-state index in [4.69, 9.17) is 11.6 Å². The number of halogens is 2. The number of piperazine rings is 1. The summed E-state index contributed by atoms with van der Waals surface area (Å²) in [7, 11) is 0. The molecule has 27 heavy (non-hydrogen) atoms. The number of carbonyl (C=O) groups excluding carboxylic acids is 1. The number of carbonyl (C=O) groups is 1. The van der Waals surface area contributed by atoms with Crippen LogP contribution in [0.2, 0.25) is 5.02 Å². The standard InChI is InChI=1S/C20H20ClN3OS.ClH/c21-15-5-3-4-14(12-15)17-13-22-10-11-24(17)20(25)9-8-19-23-16-6-1-2-7-18(16)26-19;/h1-7,12,17,22H,8-11,13H2;1H. The Bertz CT molecular complexity index is 897. The van der Waals surface area contributed by atoms with Gasteiger partial charge in [-0.3, -0.25) is 4.79 Å². The monoisotopic (exact) mass is 421 g/mol. The zero-order valence-corrected chi connectivity index (χ0v) is 17.1. The summed E-state index contributed by atoms with van der Waals surface area (Å²) < 4.78 is 1.17. The third kappa shape index (κ3) is 4.61. The van der Waals surface area contributed by atoms with Crippen LogP contribution >= 0.6 is 35.3 Å². The number of fused-ring (bicyclic) bond motifs is 1. The molecule has 142 valence electrons. The lowest BCUT2D eigenvalue weighted by molar-refractivity contribution is -0.134. The van der Waals surface area contributed by atoms with Crippen LogP contribution in [0.4, 0.5) is 0 Å². The van der Waals surface area contributed by atoms with Crippen molar-refractivity contribution < 1.29 is 4.79 Å². The molecule has 4 nitrogen and oxygen atoms in total. The second-order valence-corrected chi connectivity index (χ2v) is 7.99. The number of aromatic nitrogens is 1. The molecule has 0 radical (unpaired) electrons. The molecule has 3 aromatic rings. The van der Waals surface area contributed by atoms with E-state index in [0.29, 0.717) is 17.9 Å². The van der Waals surface area contributed by atoms with Crippen molar-refractivity contribution >= 4 is 51.5 Å². The van der Waals surface area contributed by atoms with Gasteiger partial charge in [0.1, 0.15) is 0 Å². The fourth-order valence-electron chi connectivity index (χ4n) is 3.40. The Balaban J connectivity index is 0.00000210. The Morgan fingerprint density at radius 2 is 2.11 bits per heavy atom. The van der Waals surface area contributed by atoms with Crippen LogP contribution in [-0.2, 0) is 11.2 Å². The molecule has 1 amide bonds. The van der Waals surface area contributed by atoms with Crippen molar-refractivity contribution in [2.75, 3.05) is 19.6 Å². The van der Waals surface area contributed by atoms with E-state index in [-0.39, 0.29) is 24.4 Å². The highest BCUT2D eigenvalue weighted by Crippen LogP contribution is 2.27. The highest BCUT2D eigenvalue weighted by Gasteiger charge is 2.27. The van der Waals surface area contributed by atoms with E-state index in [1.54, 1.807) is 11.3 Å². The molecule has 0 saturated carbocycles. The van der Waals surface area contributed by atoms with Crippen LogP contribution in [0.25, 0.3) is 10.2 Å². The van der Waals surface area contributed by atoms with Gasteiger partial charge in [-0.15, -0.1) is 23.7 Å². The number of thiazole rings is 1. The average Bonchev–Trinajstić information content (AvgIpc) is 3.09. The van der Waals surface area contributed by atoms with Crippen LogP contribution < -0.4 is 5.32 Å². The molecule has 7 heteroatoms. The first-order valence-electron chi connectivity index (χ1n) is 8.81. The van der Waals surface area contributed by atoms with Gasteiger partial charge in [-0.25, -0.2) is 4.98 Å². The van der Waals surface area contributed by atoms with Crippen molar-refractivity contribution in [2.24, 2.45) is 0 Å². The number of amides is 1. The maximum atomic E-state index is 12.9. The first-order chi connectivity index (χ1) is 12.7. The number of hydrogen-bond donors (Lipinski definition) is 1. The third-order valence-electron chi connectivity index (χ3n) is 4.69. The molecule has 1 aromatic heterocycles. The van der Waals surface area contributed by atoms with Gasteiger partial charge < -0.3 is 10.2 Å². The molecule has 1 unspecified atom stereocenters. The molecule has 0 spiro atoms. The second kappa shape index (κ2) is 9.02. The highest BCUT2D eigenvalue weighted by atomic mass is 35.5. The Morgan fingerprint density at radius 1 is 1.26 bits per heavy atom. The maximum Gasteiger partial charge on any atom is 0.223 e. The molecule has 4 rings (SSSR count). The minimum Gasteiger partial charge on any atom is -0.333 e. The summed E-state index contributed by atoms with van der Waals surface area (Å²) in [6.45, 7) is 2.30. The Hall–Kier alpha value is -1.66. The van der Waals surface area contributed by atoms with Crippen molar-refractivity contribution in [3.63, 3.8) is 0 Å². The van der Waals surface area contributed by atoms with Gasteiger partial charge in [0.05, 0.1) is 21.3 Å². The van der Waals surface area contributed by atoms with Gasteiger partial charge in [-0.05, 0) is 29.8 Å². The van der Waals surface area contributed by atoms with E-state index >= 15 is 0 Å². The number of nitrogens with zero attached hydrogens (tertiary/aromatic N) is 2. The fourth-order valence-corrected chi connectivity index (χ4v) is 4.56. The summed E-state index contributed by atoms with van der Waals surface area (Å²) in [6, 6.07) is 15.9. The van der Waals surface area contributed by atoms with Crippen LogP contribution in [0.5, 0.6) is 0 Å². The molecule has 1 N–H and O–H groups in total. The Labute approximate surface area is 174 Å². The summed E-state index contributed by atoms with van der Waals surface area (Å²) in [5, 5.41) is 5.11. The molecule has 1 atom stereocenters. The van der Waals surface area contributed by atoms with Gasteiger partial charge in [-0.2, -0.15) is 0 Å². The number of aryl methyl sites for hydroxylation is 1. The van der Waals surface area contributed by atoms with E-state index in [1.807, 2.05) is 47.4 Å². The highest BCUT2D eigenvalue weighted by molar-refractivity contribution is 7.18. The van der Waals surface area contributed by atoms with Crippen molar-refractivity contribution in [2.45, 2.75) is 18.9 Å². The van der Waals surface area contributed by atoms with Crippen LogP contribution in [0.1, 0.15) is 23.0 Å². The number of hydrogen-bond acceptors (Lipinski definition) is 4. The van der Waals surface area contributed by atoms with Gasteiger partial charge in [-0.1, -0.05) is 35.9 Å². The van der Waals surface area contributed by atoms with E-state index in [2.05, 4.69) is 16.4 Å². The van der Waals surface area contributed by atoms with Gasteiger partial charge in [0, 0.05) is 37.5 Å². The summed E-state index contributed by atoms with van der Waals surface area (Å²) in [5.41, 5.74) is 2.09. The molecule has 1 saturated heterocycles.